The first-order valence-corrected chi connectivity index (χ1v) is 5.87. The molecule has 2 N–H and O–H groups in total. The lowest BCUT2D eigenvalue weighted by molar-refractivity contribution is 0.242. The van der Waals surface area contributed by atoms with E-state index in [0.29, 0.717) is 17.9 Å². The van der Waals surface area contributed by atoms with E-state index in [1.165, 1.54) is 6.07 Å². The number of rotatable bonds is 5. The van der Waals surface area contributed by atoms with E-state index >= 15 is 0 Å². The summed E-state index contributed by atoms with van der Waals surface area (Å²) < 4.78 is 18.9. The van der Waals surface area contributed by atoms with E-state index in [-0.39, 0.29) is 18.5 Å². The normalized spacial score (nSPS) is 12.6. The second-order valence-corrected chi connectivity index (χ2v) is 4.15. The van der Waals surface area contributed by atoms with Crippen LogP contribution in [0, 0.1) is 5.82 Å². The van der Waals surface area contributed by atoms with Gasteiger partial charge < -0.3 is 14.8 Å². The molecule has 0 fully saturated rings. The second-order valence-electron chi connectivity index (χ2n) is 4.15. The molecule has 0 aliphatic rings. The molecule has 0 aliphatic heterocycles. The van der Waals surface area contributed by atoms with Gasteiger partial charge in [0.05, 0.1) is 6.54 Å². The van der Waals surface area contributed by atoms with Crippen LogP contribution in [0.2, 0.25) is 0 Å². The minimum absolute atomic E-state index is 0.103. The Morgan fingerprint density at radius 3 is 2.61 bits per heavy atom. The number of furan rings is 1. The van der Waals surface area contributed by atoms with Gasteiger partial charge in [-0.2, -0.15) is 0 Å². The second kappa shape index (κ2) is 5.80. The zero-order valence-corrected chi connectivity index (χ0v) is 10.2. The molecule has 96 valence electrons. The van der Waals surface area contributed by atoms with Crippen LogP contribution in [0.25, 0.3) is 0 Å². The summed E-state index contributed by atoms with van der Waals surface area (Å²) in [6, 6.07) is 10.1. The number of hydrogen-bond acceptors (Lipinski definition) is 3. The molecule has 0 amide bonds. The van der Waals surface area contributed by atoms with Gasteiger partial charge in [0.15, 0.2) is 0 Å². The van der Waals surface area contributed by atoms with Crippen LogP contribution < -0.4 is 5.32 Å². The first-order chi connectivity index (χ1) is 8.70. The molecule has 3 nitrogen and oxygen atoms in total. The molecule has 0 radical (unpaired) electrons. The van der Waals surface area contributed by atoms with Crippen LogP contribution in [0.3, 0.4) is 0 Å². The quantitative estimate of drug-likeness (QED) is 0.856. The van der Waals surface area contributed by atoms with Crippen LogP contribution in [0.15, 0.2) is 40.8 Å². The highest BCUT2D eigenvalue weighted by Gasteiger charge is 2.10. The average molecular weight is 249 g/mol. The highest BCUT2D eigenvalue weighted by molar-refractivity contribution is 5.20. The van der Waals surface area contributed by atoms with Crippen LogP contribution in [0.5, 0.6) is 0 Å². The smallest absolute Gasteiger partial charge is 0.129 e. The van der Waals surface area contributed by atoms with Gasteiger partial charge in [-0.1, -0.05) is 18.2 Å². The van der Waals surface area contributed by atoms with Crippen molar-refractivity contribution in [2.24, 2.45) is 0 Å². The van der Waals surface area contributed by atoms with Crippen molar-refractivity contribution < 1.29 is 13.9 Å². The summed E-state index contributed by atoms with van der Waals surface area (Å²) in [4.78, 5) is 0. The Bertz CT molecular complexity index is 510. The molecule has 1 aromatic carbocycles. The van der Waals surface area contributed by atoms with Gasteiger partial charge >= 0.3 is 0 Å². The predicted molar refractivity (Wildman–Crippen MR) is 66.3 cm³/mol. The van der Waals surface area contributed by atoms with Gasteiger partial charge in [-0.3, -0.25) is 0 Å². The predicted octanol–water partition coefficient (Wildman–Crippen LogP) is 2.76. The van der Waals surface area contributed by atoms with E-state index in [9.17, 15) is 4.39 Å². The number of aliphatic hydroxyl groups is 1. The Hall–Kier alpha value is -1.65. The number of aliphatic hydroxyl groups excluding tert-OH is 1. The summed E-state index contributed by atoms with van der Waals surface area (Å²) in [7, 11) is 0. The van der Waals surface area contributed by atoms with Crippen molar-refractivity contribution in [2.45, 2.75) is 26.1 Å². The maximum atomic E-state index is 13.5. The number of halogens is 1. The molecular formula is C14H16FNO2. The molecule has 0 spiro atoms. The lowest BCUT2D eigenvalue weighted by Gasteiger charge is -2.13. The zero-order chi connectivity index (χ0) is 13.0. The third kappa shape index (κ3) is 2.97. The molecule has 1 heterocycles. The maximum Gasteiger partial charge on any atom is 0.129 e. The van der Waals surface area contributed by atoms with E-state index in [0.717, 1.165) is 5.76 Å². The van der Waals surface area contributed by atoms with Gasteiger partial charge in [0, 0.05) is 11.6 Å². The topological polar surface area (TPSA) is 45.4 Å². The molecule has 18 heavy (non-hydrogen) atoms. The summed E-state index contributed by atoms with van der Waals surface area (Å²) in [5.74, 6) is 1.04. The van der Waals surface area contributed by atoms with Crippen LogP contribution in [0.4, 0.5) is 4.39 Å². The first-order valence-electron chi connectivity index (χ1n) is 5.87. The molecule has 2 aromatic rings. The van der Waals surface area contributed by atoms with Gasteiger partial charge in [0.25, 0.3) is 0 Å². The van der Waals surface area contributed by atoms with Crippen molar-refractivity contribution in [3.8, 4) is 0 Å². The molecule has 2 rings (SSSR count). The highest BCUT2D eigenvalue weighted by Crippen LogP contribution is 2.17. The van der Waals surface area contributed by atoms with E-state index in [4.69, 9.17) is 9.52 Å². The fourth-order valence-corrected chi connectivity index (χ4v) is 1.79. The molecule has 1 atom stereocenters. The monoisotopic (exact) mass is 249 g/mol. The standard InChI is InChI=1S/C14H16FNO2/c1-10(13-4-2-3-5-14(13)15)16-8-11-6-7-12(9-17)18-11/h2-7,10,16-17H,8-9H2,1H3/t10-/m1/s1. The van der Waals surface area contributed by atoms with E-state index in [2.05, 4.69) is 5.32 Å². The minimum atomic E-state index is -0.215. The van der Waals surface area contributed by atoms with Crippen molar-refractivity contribution in [1.82, 2.24) is 5.32 Å². The van der Waals surface area contributed by atoms with Crippen LogP contribution in [-0.4, -0.2) is 5.11 Å². The molecular weight excluding hydrogens is 233 g/mol. The summed E-state index contributed by atoms with van der Waals surface area (Å²) in [6.45, 7) is 2.28. The summed E-state index contributed by atoms with van der Waals surface area (Å²) >= 11 is 0. The molecule has 1 aromatic heterocycles. The minimum Gasteiger partial charge on any atom is -0.462 e. The van der Waals surface area contributed by atoms with Crippen molar-refractivity contribution in [2.75, 3.05) is 0 Å². The molecule has 0 bridgehead atoms. The van der Waals surface area contributed by atoms with Gasteiger partial charge in [0.1, 0.15) is 23.9 Å². The van der Waals surface area contributed by atoms with Gasteiger partial charge in [-0.05, 0) is 25.1 Å². The SMILES string of the molecule is C[C@@H](NCc1ccc(CO)o1)c1ccccc1F. The van der Waals surface area contributed by atoms with Crippen LogP contribution in [0.1, 0.15) is 30.0 Å². The lowest BCUT2D eigenvalue weighted by atomic mass is 10.1. The zero-order valence-electron chi connectivity index (χ0n) is 10.2. The summed E-state index contributed by atoms with van der Waals surface area (Å²) in [5.41, 5.74) is 0.631. The van der Waals surface area contributed by atoms with Gasteiger partial charge in [-0.15, -0.1) is 0 Å². The van der Waals surface area contributed by atoms with Gasteiger partial charge in [0.2, 0.25) is 0 Å². The summed E-state index contributed by atoms with van der Waals surface area (Å²) in [5, 5.41) is 12.1. The third-order valence-corrected chi connectivity index (χ3v) is 2.83. The third-order valence-electron chi connectivity index (χ3n) is 2.83. The van der Waals surface area contributed by atoms with Crippen molar-refractivity contribution >= 4 is 0 Å². The summed E-state index contributed by atoms with van der Waals surface area (Å²) in [6.07, 6.45) is 0. The van der Waals surface area contributed by atoms with Crippen LogP contribution >= 0.6 is 0 Å². The number of nitrogens with one attached hydrogen (secondary N) is 1. The van der Waals surface area contributed by atoms with Gasteiger partial charge in [-0.25, -0.2) is 4.39 Å². The molecule has 4 heteroatoms. The largest absolute Gasteiger partial charge is 0.462 e. The maximum absolute atomic E-state index is 13.5. The van der Waals surface area contributed by atoms with Crippen LogP contribution in [-0.2, 0) is 13.2 Å². The Labute approximate surface area is 105 Å². The molecule has 0 saturated heterocycles. The Kier molecular flexibility index (Phi) is 4.12. The molecule has 0 aliphatic carbocycles. The fourth-order valence-electron chi connectivity index (χ4n) is 1.79. The lowest BCUT2D eigenvalue weighted by Crippen LogP contribution is -2.18. The van der Waals surface area contributed by atoms with E-state index < -0.39 is 0 Å². The fraction of sp³-hybridized carbons (Fsp3) is 0.286. The highest BCUT2D eigenvalue weighted by atomic mass is 19.1. The van der Waals surface area contributed by atoms with E-state index in [1.807, 2.05) is 13.0 Å². The Morgan fingerprint density at radius 1 is 1.22 bits per heavy atom. The number of benzene rings is 1. The molecule has 0 saturated carbocycles. The number of hydrogen-bond donors (Lipinski definition) is 2. The van der Waals surface area contributed by atoms with Crippen molar-refractivity contribution in [3.05, 3.63) is 59.3 Å². The van der Waals surface area contributed by atoms with E-state index in [1.54, 1.807) is 24.3 Å². The van der Waals surface area contributed by atoms with Crippen molar-refractivity contribution in [3.63, 3.8) is 0 Å². The molecule has 0 unspecified atom stereocenters. The van der Waals surface area contributed by atoms with Crippen molar-refractivity contribution in [1.29, 1.82) is 0 Å². The Balaban J connectivity index is 1.96. The first kappa shape index (κ1) is 12.8. The Morgan fingerprint density at radius 2 is 1.94 bits per heavy atom. The average Bonchev–Trinajstić information content (AvgIpc) is 2.84.